The van der Waals surface area contributed by atoms with Crippen LogP contribution in [0.4, 0.5) is 13.2 Å². The van der Waals surface area contributed by atoms with Gasteiger partial charge in [-0.05, 0) is 54.2 Å². The molecule has 1 spiro atoms. The number of nitrogens with zero attached hydrogens (tertiary/aromatic N) is 2. The van der Waals surface area contributed by atoms with Gasteiger partial charge in [-0.2, -0.15) is 13.2 Å². The van der Waals surface area contributed by atoms with Gasteiger partial charge >= 0.3 is 6.18 Å². The maximum absolute atomic E-state index is 13.7. The van der Waals surface area contributed by atoms with Gasteiger partial charge in [-0.1, -0.05) is 63.7 Å². The Morgan fingerprint density at radius 1 is 1.02 bits per heavy atom. The fraction of sp³-hybridized carbons (Fsp3) is 0.586. The van der Waals surface area contributed by atoms with Gasteiger partial charge in [0.2, 0.25) is 0 Å². The van der Waals surface area contributed by atoms with Crippen molar-refractivity contribution in [3.8, 4) is 0 Å². The zero-order valence-electron chi connectivity index (χ0n) is 24.1. The fourth-order valence-electron chi connectivity index (χ4n) is 6.27. The van der Waals surface area contributed by atoms with Crippen LogP contribution in [0.5, 0.6) is 0 Å². The van der Waals surface area contributed by atoms with E-state index in [0.717, 1.165) is 44.1 Å². The van der Waals surface area contributed by atoms with Crippen molar-refractivity contribution < 1.29 is 13.2 Å². The lowest BCUT2D eigenvalue weighted by atomic mass is 9.73. The van der Waals surface area contributed by atoms with Crippen molar-refractivity contribution in [2.75, 3.05) is 20.1 Å². The molecule has 40 heavy (non-hydrogen) atoms. The van der Waals surface area contributed by atoms with Gasteiger partial charge < -0.3 is 21.3 Å². The Kier molecular flexibility index (Phi) is 9.82. The topological polar surface area (TPSA) is 80.6 Å². The van der Waals surface area contributed by atoms with Gasteiger partial charge in [0.25, 0.3) is 0 Å². The molecule has 5 atom stereocenters. The van der Waals surface area contributed by atoms with Crippen LogP contribution in [0.25, 0.3) is 0 Å². The quantitative estimate of drug-likeness (QED) is 0.358. The van der Waals surface area contributed by atoms with E-state index >= 15 is 0 Å². The van der Waals surface area contributed by atoms with E-state index in [9.17, 15) is 13.2 Å². The molecule has 0 aromatic heterocycles. The van der Waals surface area contributed by atoms with Crippen molar-refractivity contribution in [1.82, 2.24) is 31.1 Å². The van der Waals surface area contributed by atoms with E-state index < -0.39 is 12.2 Å². The molecule has 6 N–H and O–H groups in total. The molecular weight excluding hydrogens is 535 g/mol. The van der Waals surface area contributed by atoms with Crippen LogP contribution in [0.2, 0.25) is 0 Å². The largest absolute Gasteiger partial charge is 0.413 e. The summed E-state index contributed by atoms with van der Waals surface area (Å²) in [6.07, 6.45) is 4.93. The Bertz CT molecular complexity index is 1100. The molecule has 0 amide bonds. The zero-order valence-corrected chi connectivity index (χ0v) is 24.9. The van der Waals surface area contributed by atoms with Gasteiger partial charge in [-0.25, -0.2) is 0 Å². The van der Waals surface area contributed by atoms with Gasteiger partial charge in [0.15, 0.2) is 6.04 Å². The number of allylic oxidation sites excluding steroid dienone is 2. The Labute approximate surface area is 240 Å². The molecule has 0 saturated carbocycles. The number of likely N-dealkylation sites (tertiary alicyclic amines) is 1. The maximum Gasteiger partial charge on any atom is 0.413 e. The molecule has 222 valence electrons. The third-order valence-electron chi connectivity index (χ3n) is 8.25. The van der Waals surface area contributed by atoms with Gasteiger partial charge in [-0.15, -0.1) is 0 Å². The molecule has 4 aliphatic heterocycles. The molecule has 1 aliphatic carbocycles. The highest BCUT2D eigenvalue weighted by Gasteiger charge is 2.48. The smallest absolute Gasteiger partial charge is 0.371 e. The van der Waals surface area contributed by atoms with Gasteiger partial charge in [0.05, 0.1) is 5.03 Å². The summed E-state index contributed by atoms with van der Waals surface area (Å²) in [5.41, 5.74) is 9.53. The van der Waals surface area contributed by atoms with E-state index in [2.05, 4.69) is 50.4 Å². The third kappa shape index (κ3) is 6.04. The Balaban J connectivity index is 0.000000886. The van der Waals surface area contributed by atoms with E-state index in [1.165, 1.54) is 35.4 Å². The number of halogens is 3. The number of alkyl halides is 3. The van der Waals surface area contributed by atoms with Gasteiger partial charge in [0.1, 0.15) is 18.6 Å². The molecule has 0 radical (unpaired) electrons. The lowest BCUT2D eigenvalue weighted by Crippen LogP contribution is -2.55. The fourth-order valence-corrected chi connectivity index (χ4v) is 7.40. The predicted octanol–water partition coefficient (Wildman–Crippen LogP) is 4.50. The number of hydrogen-bond acceptors (Lipinski definition) is 8. The van der Waals surface area contributed by atoms with Crippen LogP contribution in [0, 0.1) is 5.41 Å². The minimum absolute atomic E-state index is 0.0269. The highest BCUT2D eigenvalue weighted by Crippen LogP contribution is 2.50. The predicted molar refractivity (Wildman–Crippen MR) is 157 cm³/mol. The number of rotatable bonds is 3. The van der Waals surface area contributed by atoms with Crippen molar-refractivity contribution in [1.29, 1.82) is 0 Å². The summed E-state index contributed by atoms with van der Waals surface area (Å²) in [6, 6.07) is 6.97. The lowest BCUT2D eigenvalue weighted by molar-refractivity contribution is -0.162. The maximum atomic E-state index is 13.7. The zero-order chi connectivity index (χ0) is 29.1. The first-order valence-corrected chi connectivity index (χ1v) is 15.2. The summed E-state index contributed by atoms with van der Waals surface area (Å²) in [6.45, 7) is 9.86. The SMILES string of the molecule is CC.CC.CN1C=CC=C(SC2=CNC3NC(N4CCC5(CC4)Cc4ccccc4C5N)NC3N2)C1C(F)(F)F. The highest BCUT2D eigenvalue weighted by atomic mass is 32.2. The average molecular weight is 580 g/mol. The minimum Gasteiger partial charge on any atom is -0.371 e. The van der Waals surface area contributed by atoms with Crippen molar-refractivity contribution >= 4 is 11.8 Å². The second kappa shape index (κ2) is 12.8. The molecule has 5 aliphatic rings. The Hall–Kier alpha value is -2.18. The van der Waals surface area contributed by atoms with E-state index in [1.54, 1.807) is 12.3 Å². The summed E-state index contributed by atoms with van der Waals surface area (Å²) < 4.78 is 41.0. The summed E-state index contributed by atoms with van der Waals surface area (Å²) in [5.74, 6) is 0. The summed E-state index contributed by atoms with van der Waals surface area (Å²) in [7, 11) is 1.45. The van der Waals surface area contributed by atoms with E-state index in [-0.39, 0.29) is 35.0 Å². The third-order valence-corrected chi connectivity index (χ3v) is 9.30. The monoisotopic (exact) mass is 579 g/mol. The Morgan fingerprint density at radius 3 is 2.38 bits per heavy atom. The molecule has 2 saturated heterocycles. The molecule has 1 aromatic rings. The molecule has 1 aromatic carbocycles. The molecule has 11 heteroatoms. The van der Waals surface area contributed by atoms with Crippen molar-refractivity contribution in [2.45, 2.75) is 83.8 Å². The summed E-state index contributed by atoms with van der Waals surface area (Å²) in [4.78, 5) is 3.84. The normalized spacial score (nSPS) is 30.4. The standard InChI is InChI=1S/C25H32F3N7S.2C2H6/c1-34-10-4-7-17(20(34)25(26,27)28)36-18-14-30-21-22(31-18)33-23(32-21)35-11-8-24(9-12-35)13-15-5-2-3-6-16(15)19(24)29;2*1-2/h2-7,10,14,19-23,30-33H,8-9,11-13,29H2,1H3;2*1-2H3. The van der Waals surface area contributed by atoms with Crippen LogP contribution in [0.1, 0.15) is 57.7 Å². The van der Waals surface area contributed by atoms with Crippen LogP contribution < -0.4 is 27.0 Å². The molecule has 7 nitrogen and oxygen atoms in total. The first-order chi connectivity index (χ1) is 19.2. The van der Waals surface area contributed by atoms with Crippen LogP contribution in [0.3, 0.4) is 0 Å². The first-order valence-electron chi connectivity index (χ1n) is 14.4. The number of fused-ring (bicyclic) bond motifs is 2. The van der Waals surface area contributed by atoms with Gasteiger partial charge in [0, 0.05) is 37.3 Å². The number of benzene rings is 1. The van der Waals surface area contributed by atoms with Crippen LogP contribution in [-0.2, 0) is 6.42 Å². The number of nitrogens with one attached hydrogen (secondary N) is 4. The van der Waals surface area contributed by atoms with Gasteiger partial charge in [-0.3, -0.25) is 15.5 Å². The second-order valence-corrected chi connectivity index (χ2v) is 11.5. The van der Waals surface area contributed by atoms with E-state index in [1.807, 2.05) is 27.7 Å². The van der Waals surface area contributed by atoms with E-state index in [0.29, 0.717) is 5.03 Å². The van der Waals surface area contributed by atoms with Crippen LogP contribution in [0.15, 0.2) is 58.8 Å². The van der Waals surface area contributed by atoms with E-state index in [4.69, 9.17) is 5.73 Å². The van der Waals surface area contributed by atoms with Crippen molar-refractivity contribution in [2.24, 2.45) is 11.1 Å². The average Bonchev–Trinajstić information content (AvgIpc) is 3.49. The number of piperidine rings is 1. The second-order valence-electron chi connectivity index (χ2n) is 10.4. The first kappa shape index (κ1) is 30.8. The molecule has 6 rings (SSSR count). The molecule has 5 unspecified atom stereocenters. The van der Waals surface area contributed by atoms with Crippen LogP contribution >= 0.6 is 11.8 Å². The molecule has 2 fully saturated rings. The minimum atomic E-state index is -4.35. The van der Waals surface area contributed by atoms with Crippen LogP contribution in [-0.4, -0.2) is 60.8 Å². The van der Waals surface area contributed by atoms with Crippen molar-refractivity contribution in [3.05, 3.63) is 69.9 Å². The van der Waals surface area contributed by atoms with Crippen molar-refractivity contribution in [3.63, 3.8) is 0 Å². The Morgan fingerprint density at radius 2 is 1.70 bits per heavy atom. The molecular formula is C29H44F3N7S. The summed E-state index contributed by atoms with van der Waals surface area (Å²) >= 11 is 1.11. The summed E-state index contributed by atoms with van der Waals surface area (Å²) in [5, 5.41) is 14.5. The molecule has 4 heterocycles. The lowest BCUT2D eigenvalue weighted by Gasteiger charge is -2.44. The number of thioether (sulfide) groups is 1. The number of hydrogen-bond donors (Lipinski definition) is 5. The number of nitrogens with two attached hydrogens (primary N) is 1. The number of likely N-dealkylation sites (N-methyl/N-ethyl adjacent to an activating group) is 1. The highest BCUT2D eigenvalue weighted by molar-refractivity contribution is 8.06. The molecule has 0 bridgehead atoms.